The zero-order valence-corrected chi connectivity index (χ0v) is 19.9. The molecule has 4 rings (SSSR count). The minimum Gasteiger partial charge on any atom is -0.490 e. The molecule has 0 atom stereocenters. The van der Waals surface area contributed by atoms with Gasteiger partial charge in [0.15, 0.2) is 18.1 Å². The number of carbonyl (C=O) groups excluding carboxylic acids is 2. The van der Waals surface area contributed by atoms with Crippen molar-refractivity contribution < 1.29 is 32.2 Å². The zero-order valence-electron chi connectivity index (χ0n) is 19.0. The summed E-state index contributed by atoms with van der Waals surface area (Å²) in [5.41, 5.74) is 1.11. The van der Waals surface area contributed by atoms with Gasteiger partial charge in [0.1, 0.15) is 0 Å². The molecule has 0 saturated carbocycles. The van der Waals surface area contributed by atoms with Crippen molar-refractivity contribution >= 4 is 27.6 Å². The first-order valence-electron chi connectivity index (χ1n) is 11.3. The number of hydrogen-bond donors (Lipinski definition) is 1. The van der Waals surface area contributed by atoms with E-state index in [9.17, 15) is 18.0 Å². The molecule has 9 nitrogen and oxygen atoms in total. The summed E-state index contributed by atoms with van der Waals surface area (Å²) in [4.78, 5) is 24.9. The quantitative estimate of drug-likeness (QED) is 0.622. The van der Waals surface area contributed by atoms with Crippen LogP contribution in [0.15, 0.2) is 41.3 Å². The van der Waals surface area contributed by atoms with Crippen LogP contribution < -0.4 is 14.8 Å². The Kier molecular flexibility index (Phi) is 7.38. The van der Waals surface area contributed by atoms with E-state index in [0.29, 0.717) is 49.1 Å². The van der Waals surface area contributed by atoms with Crippen molar-refractivity contribution in [3.05, 3.63) is 47.5 Å². The van der Waals surface area contributed by atoms with Gasteiger partial charge >= 0.3 is 5.97 Å². The molecule has 0 bridgehead atoms. The van der Waals surface area contributed by atoms with E-state index in [1.165, 1.54) is 16.4 Å². The molecule has 0 radical (unpaired) electrons. The molecular weight excluding hydrogens is 460 g/mol. The van der Waals surface area contributed by atoms with Gasteiger partial charge in [-0.2, -0.15) is 4.31 Å². The van der Waals surface area contributed by atoms with Crippen molar-refractivity contribution in [2.75, 3.05) is 38.2 Å². The number of rotatable bonds is 6. The largest absolute Gasteiger partial charge is 0.490 e. The molecule has 2 aliphatic heterocycles. The summed E-state index contributed by atoms with van der Waals surface area (Å²) in [6, 6.07) is 9.42. The number of nitrogens with one attached hydrogen (secondary N) is 1. The Morgan fingerprint density at radius 1 is 0.971 bits per heavy atom. The van der Waals surface area contributed by atoms with Crippen LogP contribution in [0.25, 0.3) is 0 Å². The van der Waals surface area contributed by atoms with Crippen molar-refractivity contribution in [2.24, 2.45) is 0 Å². The minimum atomic E-state index is -3.71. The number of anilines is 1. The molecule has 1 fully saturated rings. The highest BCUT2D eigenvalue weighted by molar-refractivity contribution is 7.89. The summed E-state index contributed by atoms with van der Waals surface area (Å²) in [5.74, 6) is -0.161. The molecular formula is C24H28N2O7S. The highest BCUT2D eigenvalue weighted by Crippen LogP contribution is 2.32. The normalized spacial score (nSPS) is 16.4. The lowest BCUT2D eigenvalue weighted by Crippen LogP contribution is -2.36. The number of fused-ring (bicyclic) bond motifs is 1. The topological polar surface area (TPSA) is 111 Å². The molecule has 10 heteroatoms. The van der Waals surface area contributed by atoms with Crippen molar-refractivity contribution in [1.82, 2.24) is 4.31 Å². The number of hydrogen-bond acceptors (Lipinski definition) is 7. The molecule has 182 valence electrons. The highest BCUT2D eigenvalue weighted by Gasteiger charge is 2.28. The molecule has 0 unspecified atom stereocenters. The van der Waals surface area contributed by atoms with Crippen molar-refractivity contribution in [1.29, 1.82) is 0 Å². The van der Waals surface area contributed by atoms with Crippen LogP contribution in [0.4, 0.5) is 5.69 Å². The van der Waals surface area contributed by atoms with Crippen LogP contribution >= 0.6 is 0 Å². The first-order chi connectivity index (χ1) is 16.3. The second kappa shape index (κ2) is 10.4. The van der Waals surface area contributed by atoms with Gasteiger partial charge < -0.3 is 19.5 Å². The summed E-state index contributed by atoms with van der Waals surface area (Å²) >= 11 is 0. The van der Waals surface area contributed by atoms with Crippen molar-refractivity contribution in [3.8, 4) is 11.5 Å². The van der Waals surface area contributed by atoms with Gasteiger partial charge in [-0.05, 0) is 49.6 Å². The van der Waals surface area contributed by atoms with Crippen LogP contribution in [0.3, 0.4) is 0 Å². The van der Waals surface area contributed by atoms with E-state index in [2.05, 4.69) is 5.32 Å². The summed E-state index contributed by atoms with van der Waals surface area (Å²) in [5, 5.41) is 2.65. The van der Waals surface area contributed by atoms with Crippen LogP contribution in [0.2, 0.25) is 0 Å². The van der Waals surface area contributed by atoms with Crippen LogP contribution in [-0.4, -0.2) is 57.5 Å². The Hall–Kier alpha value is -3.11. The van der Waals surface area contributed by atoms with Crippen LogP contribution in [0.5, 0.6) is 11.5 Å². The van der Waals surface area contributed by atoms with E-state index < -0.39 is 28.5 Å². The summed E-state index contributed by atoms with van der Waals surface area (Å²) in [6.45, 7) is 3.19. The number of amides is 1. The standard InChI is InChI=1S/C24H28N2O7S/c1-17-6-7-18(14-22(17)34(29,30)26-10-3-2-4-11-26)24(28)33-16-23(27)25-19-8-9-20-21(15-19)32-13-5-12-31-20/h6-9,14-15H,2-5,10-13,16H2,1H3,(H,25,27). The Bertz CT molecular complexity index is 1170. The third-order valence-corrected chi connectivity index (χ3v) is 7.76. The second-order valence-electron chi connectivity index (χ2n) is 8.28. The zero-order chi connectivity index (χ0) is 24.1. The Morgan fingerprint density at radius 3 is 2.47 bits per heavy atom. The van der Waals surface area contributed by atoms with E-state index >= 15 is 0 Å². The van der Waals surface area contributed by atoms with Gasteiger partial charge in [-0.3, -0.25) is 4.79 Å². The highest BCUT2D eigenvalue weighted by atomic mass is 32.2. The first-order valence-corrected chi connectivity index (χ1v) is 12.8. The number of ether oxygens (including phenoxy) is 3. The van der Waals surface area contributed by atoms with Gasteiger partial charge in [0.2, 0.25) is 10.0 Å². The molecule has 1 amide bonds. The van der Waals surface area contributed by atoms with E-state index in [1.807, 2.05) is 0 Å². The molecule has 1 saturated heterocycles. The molecule has 2 aromatic rings. The van der Waals surface area contributed by atoms with Gasteiger partial charge in [-0.15, -0.1) is 0 Å². The average Bonchev–Trinajstić information content (AvgIpc) is 3.08. The monoisotopic (exact) mass is 488 g/mol. The van der Waals surface area contributed by atoms with Crippen LogP contribution in [0, 0.1) is 6.92 Å². The van der Waals surface area contributed by atoms with Gasteiger partial charge in [0, 0.05) is 31.3 Å². The van der Waals surface area contributed by atoms with Crippen LogP contribution in [-0.2, 0) is 19.6 Å². The lowest BCUT2D eigenvalue weighted by Gasteiger charge is -2.26. The lowest BCUT2D eigenvalue weighted by molar-refractivity contribution is -0.119. The Labute approximate surface area is 199 Å². The van der Waals surface area contributed by atoms with Gasteiger partial charge in [0.05, 0.1) is 23.7 Å². The van der Waals surface area contributed by atoms with E-state index in [1.54, 1.807) is 31.2 Å². The molecule has 2 aliphatic rings. The fourth-order valence-electron chi connectivity index (χ4n) is 3.90. The molecule has 1 N–H and O–H groups in total. The van der Waals surface area contributed by atoms with E-state index in [4.69, 9.17) is 14.2 Å². The fraction of sp³-hybridized carbons (Fsp3) is 0.417. The summed E-state index contributed by atoms with van der Waals surface area (Å²) in [6.07, 6.45) is 3.41. The van der Waals surface area contributed by atoms with Gasteiger partial charge in [-0.25, -0.2) is 13.2 Å². The number of esters is 1. The SMILES string of the molecule is Cc1ccc(C(=O)OCC(=O)Nc2ccc3c(c2)OCCCO3)cc1S(=O)(=O)N1CCCCC1. The first kappa shape index (κ1) is 24.0. The summed E-state index contributed by atoms with van der Waals surface area (Å²) in [7, 11) is -3.71. The molecule has 0 aliphatic carbocycles. The fourth-order valence-corrected chi connectivity index (χ4v) is 5.67. The second-order valence-corrected chi connectivity index (χ2v) is 10.2. The van der Waals surface area contributed by atoms with Crippen molar-refractivity contribution in [3.63, 3.8) is 0 Å². The number of benzene rings is 2. The van der Waals surface area contributed by atoms with E-state index in [0.717, 1.165) is 25.7 Å². The Balaban J connectivity index is 1.39. The minimum absolute atomic E-state index is 0.0737. The lowest BCUT2D eigenvalue weighted by atomic mass is 10.1. The maximum absolute atomic E-state index is 13.1. The molecule has 34 heavy (non-hydrogen) atoms. The number of sulfonamides is 1. The maximum atomic E-state index is 13.1. The van der Waals surface area contributed by atoms with Gasteiger partial charge in [-0.1, -0.05) is 12.5 Å². The number of piperidine rings is 1. The van der Waals surface area contributed by atoms with Crippen molar-refractivity contribution in [2.45, 2.75) is 37.5 Å². The smallest absolute Gasteiger partial charge is 0.338 e. The predicted molar refractivity (Wildman–Crippen MR) is 125 cm³/mol. The summed E-state index contributed by atoms with van der Waals surface area (Å²) < 4.78 is 43.9. The molecule has 0 spiro atoms. The van der Waals surface area contributed by atoms with E-state index in [-0.39, 0.29) is 10.5 Å². The third kappa shape index (κ3) is 5.51. The molecule has 0 aromatic heterocycles. The number of aryl methyl sites for hydroxylation is 1. The molecule has 2 aromatic carbocycles. The van der Waals surface area contributed by atoms with Crippen LogP contribution in [0.1, 0.15) is 41.6 Å². The average molecular weight is 489 g/mol. The van der Waals surface area contributed by atoms with Gasteiger partial charge in [0.25, 0.3) is 5.91 Å². The number of nitrogens with zero attached hydrogens (tertiary/aromatic N) is 1. The molecule has 2 heterocycles. The maximum Gasteiger partial charge on any atom is 0.338 e. The Morgan fingerprint density at radius 2 is 1.71 bits per heavy atom. The predicted octanol–water partition coefficient (Wildman–Crippen LogP) is 3.13. The number of carbonyl (C=O) groups is 2. The third-order valence-electron chi connectivity index (χ3n) is 5.72.